The van der Waals surface area contributed by atoms with E-state index in [-0.39, 0.29) is 35.6 Å². The van der Waals surface area contributed by atoms with Crippen LogP contribution < -0.4 is 24.4 Å². The number of aromatic nitrogens is 1. The summed E-state index contributed by atoms with van der Waals surface area (Å²) in [6, 6.07) is 17.5. The van der Waals surface area contributed by atoms with Crippen LogP contribution in [-0.4, -0.2) is 52.9 Å². The van der Waals surface area contributed by atoms with E-state index in [0.29, 0.717) is 45.0 Å². The number of carbonyl (C=O) groups is 1. The lowest BCUT2D eigenvalue weighted by Gasteiger charge is -2.25. The van der Waals surface area contributed by atoms with Crippen LogP contribution in [0.4, 0.5) is 20.3 Å². The fraction of sp³-hybridized carbons (Fsp3) is 0.212. The molecule has 1 unspecified atom stereocenters. The van der Waals surface area contributed by atoms with Crippen molar-refractivity contribution in [3.8, 4) is 33.9 Å². The Bertz CT molecular complexity index is 2020. The van der Waals surface area contributed by atoms with Crippen molar-refractivity contribution in [1.29, 1.82) is 0 Å². The summed E-state index contributed by atoms with van der Waals surface area (Å²) in [6.45, 7) is -0.870. The monoisotopic (exact) mass is 648 g/mol. The normalized spacial score (nSPS) is 14.0. The molecule has 0 saturated heterocycles. The summed E-state index contributed by atoms with van der Waals surface area (Å²) in [7, 11) is -0.910. The summed E-state index contributed by atoms with van der Waals surface area (Å²) in [5.41, 5.74) is 2.64. The van der Waals surface area contributed by atoms with Crippen LogP contribution in [0.3, 0.4) is 0 Å². The average Bonchev–Trinajstić information content (AvgIpc) is 3.65. The lowest BCUT2D eigenvalue weighted by molar-refractivity contribution is 0.0964. The quantitative estimate of drug-likeness (QED) is 0.181. The van der Waals surface area contributed by atoms with E-state index in [2.05, 4.69) is 15.6 Å². The third kappa shape index (κ3) is 5.69. The van der Waals surface area contributed by atoms with Crippen LogP contribution in [0.15, 0.2) is 77.3 Å². The number of hydrogen-bond donors (Lipinski definition) is 2. The summed E-state index contributed by atoms with van der Waals surface area (Å²) in [4.78, 5) is 17.6. The Morgan fingerprint density at radius 1 is 1.11 bits per heavy atom. The van der Waals surface area contributed by atoms with Gasteiger partial charge in [-0.3, -0.25) is 13.5 Å². The fourth-order valence-electron chi connectivity index (χ4n) is 5.52. The van der Waals surface area contributed by atoms with Gasteiger partial charge in [-0.2, -0.15) is 0 Å². The Morgan fingerprint density at radius 2 is 1.87 bits per heavy atom. The number of alkyl halides is 1. The van der Waals surface area contributed by atoms with Gasteiger partial charge in [-0.25, -0.2) is 17.8 Å². The average molecular weight is 649 g/mol. The predicted molar refractivity (Wildman–Crippen MR) is 171 cm³/mol. The molecule has 238 valence electrons. The van der Waals surface area contributed by atoms with Gasteiger partial charge in [-0.15, -0.1) is 0 Å². The molecule has 2 N–H and O–H groups in total. The number of nitrogens with one attached hydrogen (secondary N) is 2. The predicted octanol–water partition coefficient (Wildman–Crippen LogP) is 6.30. The highest BCUT2D eigenvalue weighted by Crippen LogP contribution is 2.44. The van der Waals surface area contributed by atoms with Crippen LogP contribution in [-0.2, 0) is 10.0 Å². The zero-order chi connectivity index (χ0) is 32.6. The fourth-order valence-corrected chi connectivity index (χ4v) is 6.48. The molecule has 1 atom stereocenters. The number of rotatable bonds is 10. The first kappa shape index (κ1) is 30.8. The molecule has 10 nitrogen and oxygen atoms in total. The molecule has 1 aliphatic rings. The molecule has 46 heavy (non-hydrogen) atoms. The molecule has 0 fully saturated rings. The molecule has 0 spiro atoms. The topological polar surface area (TPSA) is 123 Å². The van der Waals surface area contributed by atoms with Crippen molar-refractivity contribution in [2.45, 2.75) is 12.6 Å². The van der Waals surface area contributed by atoms with E-state index in [1.54, 1.807) is 42.6 Å². The Balaban J connectivity index is 1.60. The lowest BCUT2D eigenvalue weighted by atomic mass is 9.96. The standard InChI is InChI=1S/C33H30F2N4O6S/c1-36-32(40)29-23-17-22(20-9-12-26(43-2)24(16-20)33-38-31-27(45-33)6-4-14-37-31)25(39(15-5-13-34)46(3,41)42)18-28(23)44-30(29)19-7-10-21(35)11-8-19/h4,6-12,14,16-18,33H,5,13,15H2,1-3H3,(H,36,40)(H,37,38). The van der Waals surface area contributed by atoms with Gasteiger partial charge in [-0.05, 0) is 66.6 Å². The number of nitrogens with zero attached hydrogens (tertiary/aromatic N) is 2. The van der Waals surface area contributed by atoms with E-state index in [9.17, 15) is 22.0 Å². The molecular weight excluding hydrogens is 618 g/mol. The Labute approximate surface area is 264 Å². The first-order chi connectivity index (χ1) is 22.1. The third-order valence-electron chi connectivity index (χ3n) is 7.64. The largest absolute Gasteiger partial charge is 0.496 e. The number of halogens is 2. The van der Waals surface area contributed by atoms with E-state index in [1.165, 1.54) is 44.5 Å². The molecular formula is C33H30F2N4O6S. The number of benzene rings is 3. The van der Waals surface area contributed by atoms with Gasteiger partial charge in [0.25, 0.3) is 5.91 Å². The van der Waals surface area contributed by atoms with E-state index in [0.717, 1.165) is 10.6 Å². The van der Waals surface area contributed by atoms with Gasteiger partial charge in [-0.1, -0.05) is 6.07 Å². The van der Waals surface area contributed by atoms with Crippen LogP contribution in [0, 0.1) is 5.82 Å². The minimum absolute atomic E-state index is 0.0496. The summed E-state index contributed by atoms with van der Waals surface area (Å²) >= 11 is 0. The first-order valence-corrected chi connectivity index (χ1v) is 16.2. The number of pyridine rings is 1. The van der Waals surface area contributed by atoms with Crippen molar-refractivity contribution in [3.05, 3.63) is 89.9 Å². The highest BCUT2D eigenvalue weighted by molar-refractivity contribution is 7.92. The van der Waals surface area contributed by atoms with Crippen molar-refractivity contribution in [2.75, 3.05) is 43.3 Å². The molecule has 0 radical (unpaired) electrons. The SMILES string of the molecule is CNC(=O)c1c(-c2ccc(F)cc2)oc2cc(N(CCCF)S(C)(=O)=O)c(-c3ccc(OC)c(C4Nc5ncccc5O4)c3)cc12. The van der Waals surface area contributed by atoms with Gasteiger partial charge in [0.05, 0.1) is 36.9 Å². The minimum atomic E-state index is -3.91. The number of anilines is 2. The molecule has 1 aliphatic heterocycles. The molecule has 0 saturated carbocycles. The molecule has 0 bridgehead atoms. The maximum atomic E-state index is 13.8. The molecule has 3 heterocycles. The Morgan fingerprint density at radius 3 is 2.54 bits per heavy atom. The third-order valence-corrected chi connectivity index (χ3v) is 8.82. The van der Waals surface area contributed by atoms with E-state index < -0.39 is 34.7 Å². The maximum absolute atomic E-state index is 13.8. The van der Waals surface area contributed by atoms with Gasteiger partial charge in [0, 0.05) is 42.4 Å². The summed E-state index contributed by atoms with van der Waals surface area (Å²) in [6.07, 6.45) is 1.96. The second kappa shape index (κ2) is 12.3. The van der Waals surface area contributed by atoms with Gasteiger partial charge in [0.2, 0.25) is 16.3 Å². The minimum Gasteiger partial charge on any atom is -0.496 e. The highest BCUT2D eigenvalue weighted by atomic mass is 32.2. The Kier molecular flexibility index (Phi) is 8.26. The number of furan rings is 1. The van der Waals surface area contributed by atoms with E-state index in [1.807, 2.05) is 0 Å². The number of ether oxygens (including phenoxy) is 2. The summed E-state index contributed by atoms with van der Waals surface area (Å²) in [5.74, 6) is 0.867. The molecule has 2 aromatic heterocycles. The van der Waals surface area contributed by atoms with Crippen molar-refractivity contribution in [2.24, 2.45) is 0 Å². The molecule has 0 aliphatic carbocycles. The number of carbonyl (C=O) groups excluding carboxylic acids is 1. The van der Waals surface area contributed by atoms with E-state index in [4.69, 9.17) is 13.9 Å². The number of fused-ring (bicyclic) bond motifs is 2. The smallest absolute Gasteiger partial charge is 0.255 e. The zero-order valence-electron chi connectivity index (χ0n) is 25.1. The van der Waals surface area contributed by atoms with Crippen LogP contribution in [0.5, 0.6) is 11.5 Å². The van der Waals surface area contributed by atoms with Crippen LogP contribution >= 0.6 is 0 Å². The van der Waals surface area contributed by atoms with Crippen molar-refractivity contribution in [1.82, 2.24) is 10.3 Å². The van der Waals surface area contributed by atoms with E-state index >= 15 is 0 Å². The molecule has 6 rings (SSSR count). The van der Waals surface area contributed by atoms with Crippen LogP contribution in [0.1, 0.15) is 28.6 Å². The van der Waals surface area contributed by atoms with Crippen LogP contribution in [0.25, 0.3) is 33.4 Å². The summed E-state index contributed by atoms with van der Waals surface area (Å²) < 4.78 is 72.6. The number of amides is 1. The molecule has 5 aromatic rings. The highest BCUT2D eigenvalue weighted by Gasteiger charge is 2.30. The van der Waals surface area contributed by atoms with Crippen LogP contribution in [0.2, 0.25) is 0 Å². The van der Waals surface area contributed by atoms with Crippen molar-refractivity contribution < 1.29 is 35.9 Å². The van der Waals surface area contributed by atoms with Gasteiger partial charge in [0.1, 0.15) is 22.9 Å². The number of methoxy groups -OCH3 is 1. The molecule has 3 aromatic carbocycles. The summed E-state index contributed by atoms with van der Waals surface area (Å²) in [5, 5.41) is 6.25. The first-order valence-electron chi connectivity index (χ1n) is 14.3. The Hall–Kier alpha value is -5.17. The van der Waals surface area contributed by atoms with Crippen molar-refractivity contribution >= 4 is 38.4 Å². The van der Waals surface area contributed by atoms with Crippen molar-refractivity contribution in [3.63, 3.8) is 0 Å². The van der Waals surface area contributed by atoms with Gasteiger partial charge >= 0.3 is 0 Å². The van der Waals surface area contributed by atoms with Gasteiger partial charge < -0.3 is 24.5 Å². The molecule has 1 amide bonds. The number of hydrogen-bond acceptors (Lipinski definition) is 8. The number of sulfonamides is 1. The van der Waals surface area contributed by atoms with Gasteiger partial charge in [0.15, 0.2) is 11.6 Å². The maximum Gasteiger partial charge on any atom is 0.255 e. The zero-order valence-corrected chi connectivity index (χ0v) is 26.0. The second-order valence-corrected chi connectivity index (χ2v) is 12.5. The lowest BCUT2D eigenvalue weighted by Crippen LogP contribution is -2.31. The second-order valence-electron chi connectivity index (χ2n) is 10.6. The molecule has 13 heteroatoms.